The van der Waals surface area contributed by atoms with E-state index in [4.69, 9.17) is 16.2 Å². The van der Waals surface area contributed by atoms with Gasteiger partial charge >= 0.3 is 10.3 Å². The number of amides is 1. The molecule has 0 atom stereocenters. The first-order chi connectivity index (χ1) is 15.8. The van der Waals surface area contributed by atoms with Crippen LogP contribution in [-0.4, -0.2) is 28.8 Å². The maximum atomic E-state index is 13.4. The number of thiazole rings is 1. The van der Waals surface area contributed by atoms with Crippen molar-refractivity contribution in [2.45, 2.75) is 6.54 Å². The minimum absolute atomic E-state index is 0.0834. The van der Waals surface area contributed by atoms with Gasteiger partial charge in [0.1, 0.15) is 5.15 Å². The quantitative estimate of drug-likeness (QED) is 0.275. The van der Waals surface area contributed by atoms with Gasteiger partial charge in [0, 0.05) is 17.1 Å². The molecule has 2 aromatic carbocycles. The molecule has 0 saturated carbocycles. The van der Waals surface area contributed by atoms with E-state index in [9.17, 15) is 13.2 Å². The SMILES string of the molecule is O=C(c1cccnc1Cl)N(Cc1ccc(NS(=O)(=O)O)cc1)c1nc(-c2ccccc2)cs1. The van der Waals surface area contributed by atoms with Crippen LogP contribution in [0, 0.1) is 0 Å². The average molecular weight is 501 g/mol. The van der Waals surface area contributed by atoms with Crippen molar-refractivity contribution in [1.29, 1.82) is 0 Å². The van der Waals surface area contributed by atoms with Crippen LogP contribution < -0.4 is 9.62 Å². The summed E-state index contributed by atoms with van der Waals surface area (Å²) in [4.78, 5) is 23.6. The molecule has 0 radical (unpaired) electrons. The number of carbonyl (C=O) groups is 1. The van der Waals surface area contributed by atoms with Gasteiger partial charge in [-0.05, 0) is 29.8 Å². The molecule has 2 aromatic heterocycles. The molecule has 0 aliphatic carbocycles. The van der Waals surface area contributed by atoms with Gasteiger partial charge in [0.15, 0.2) is 5.13 Å². The molecule has 2 heterocycles. The third kappa shape index (κ3) is 5.74. The fraction of sp³-hybridized carbons (Fsp3) is 0.0455. The van der Waals surface area contributed by atoms with Crippen molar-refractivity contribution in [2.24, 2.45) is 0 Å². The van der Waals surface area contributed by atoms with Gasteiger partial charge in [-0.15, -0.1) is 11.3 Å². The lowest BCUT2D eigenvalue weighted by Gasteiger charge is -2.20. The van der Waals surface area contributed by atoms with Crippen LogP contribution in [0.5, 0.6) is 0 Å². The first-order valence-corrected chi connectivity index (χ1v) is 12.3. The lowest BCUT2D eigenvalue weighted by Crippen LogP contribution is -2.30. The second-order valence-corrected chi connectivity index (χ2v) is 9.24. The first kappa shape index (κ1) is 22.9. The smallest absolute Gasteiger partial charge is 0.279 e. The summed E-state index contributed by atoms with van der Waals surface area (Å²) in [7, 11) is -4.38. The van der Waals surface area contributed by atoms with E-state index in [-0.39, 0.29) is 28.9 Å². The Morgan fingerprint density at radius 2 is 1.79 bits per heavy atom. The number of halogens is 1. The van der Waals surface area contributed by atoms with Gasteiger partial charge in [-0.3, -0.25) is 19.0 Å². The van der Waals surface area contributed by atoms with Crippen molar-refractivity contribution in [1.82, 2.24) is 9.97 Å². The second kappa shape index (κ2) is 9.67. The predicted octanol–water partition coefficient (Wildman–Crippen LogP) is 4.92. The zero-order chi connectivity index (χ0) is 23.4. The number of aromatic nitrogens is 2. The zero-order valence-corrected chi connectivity index (χ0v) is 19.3. The van der Waals surface area contributed by atoms with E-state index >= 15 is 0 Å². The van der Waals surface area contributed by atoms with Crippen LogP contribution in [0.25, 0.3) is 11.3 Å². The third-order valence-electron chi connectivity index (χ3n) is 4.57. The molecule has 11 heteroatoms. The number of hydrogen-bond donors (Lipinski definition) is 2. The van der Waals surface area contributed by atoms with E-state index in [1.807, 2.05) is 40.4 Å². The summed E-state index contributed by atoms with van der Waals surface area (Å²) >= 11 is 7.49. The van der Waals surface area contributed by atoms with Gasteiger partial charge < -0.3 is 0 Å². The number of nitrogens with zero attached hydrogens (tertiary/aromatic N) is 3. The van der Waals surface area contributed by atoms with E-state index < -0.39 is 10.3 Å². The minimum atomic E-state index is -4.38. The van der Waals surface area contributed by atoms with Gasteiger partial charge in [-0.2, -0.15) is 8.42 Å². The van der Waals surface area contributed by atoms with Crippen LogP contribution >= 0.6 is 22.9 Å². The summed E-state index contributed by atoms with van der Waals surface area (Å²) in [6, 6.07) is 19.1. The summed E-state index contributed by atoms with van der Waals surface area (Å²) in [6.07, 6.45) is 1.50. The summed E-state index contributed by atoms with van der Waals surface area (Å²) in [5.74, 6) is -0.373. The van der Waals surface area contributed by atoms with Crippen molar-refractivity contribution in [3.63, 3.8) is 0 Å². The highest BCUT2D eigenvalue weighted by molar-refractivity contribution is 7.87. The van der Waals surface area contributed by atoms with E-state index in [0.29, 0.717) is 10.7 Å². The largest absolute Gasteiger partial charge is 0.357 e. The van der Waals surface area contributed by atoms with Crippen LogP contribution in [0.4, 0.5) is 10.8 Å². The van der Waals surface area contributed by atoms with Crippen LogP contribution in [0.15, 0.2) is 78.3 Å². The normalized spacial score (nSPS) is 11.2. The standard InChI is InChI=1S/C22H17ClN4O4S2/c23-20-18(7-4-12-24-20)21(28)27(13-15-8-10-17(11-9-15)26-33(29,30)31)22-25-19(14-32-22)16-5-2-1-3-6-16/h1-12,14,26H,13H2,(H,29,30,31). The van der Waals surface area contributed by atoms with Crippen molar-refractivity contribution >= 4 is 50.0 Å². The van der Waals surface area contributed by atoms with Crippen molar-refractivity contribution < 1.29 is 17.8 Å². The fourth-order valence-electron chi connectivity index (χ4n) is 3.06. The molecule has 0 aliphatic heterocycles. The third-order valence-corrected chi connectivity index (χ3v) is 6.23. The molecule has 4 rings (SSSR count). The Bertz CT molecular complexity index is 1380. The van der Waals surface area contributed by atoms with Gasteiger partial charge in [-0.1, -0.05) is 54.1 Å². The topological polar surface area (TPSA) is 112 Å². The molecule has 1 amide bonds. The molecule has 2 N–H and O–H groups in total. The highest BCUT2D eigenvalue weighted by atomic mass is 35.5. The van der Waals surface area contributed by atoms with Crippen molar-refractivity contribution in [3.05, 3.63) is 94.6 Å². The lowest BCUT2D eigenvalue weighted by molar-refractivity contribution is 0.0985. The Hall–Kier alpha value is -3.31. The van der Waals surface area contributed by atoms with Gasteiger partial charge in [0.25, 0.3) is 5.91 Å². The molecule has 0 aliphatic rings. The first-order valence-electron chi connectivity index (χ1n) is 9.58. The van der Waals surface area contributed by atoms with E-state index in [2.05, 4.69) is 9.97 Å². The molecule has 0 spiro atoms. The Kier molecular flexibility index (Phi) is 6.70. The summed E-state index contributed by atoms with van der Waals surface area (Å²) in [6.45, 7) is 0.151. The van der Waals surface area contributed by atoms with Crippen LogP contribution in [0.1, 0.15) is 15.9 Å². The number of anilines is 2. The molecule has 8 nitrogen and oxygen atoms in total. The maximum absolute atomic E-state index is 13.4. The molecular weight excluding hydrogens is 484 g/mol. The molecule has 0 unspecified atom stereocenters. The molecule has 168 valence electrons. The van der Waals surface area contributed by atoms with Crippen LogP contribution in [0.3, 0.4) is 0 Å². The number of benzene rings is 2. The Balaban J connectivity index is 1.67. The number of rotatable bonds is 7. The van der Waals surface area contributed by atoms with Gasteiger partial charge in [-0.25, -0.2) is 9.97 Å². The van der Waals surface area contributed by atoms with E-state index in [1.54, 1.807) is 24.3 Å². The number of pyridine rings is 1. The summed E-state index contributed by atoms with van der Waals surface area (Å²) in [5, 5.41) is 2.42. The minimum Gasteiger partial charge on any atom is -0.279 e. The summed E-state index contributed by atoms with van der Waals surface area (Å²) in [5.41, 5.74) is 2.79. The molecule has 0 saturated heterocycles. The Labute approximate surface area is 199 Å². The average Bonchev–Trinajstić information content (AvgIpc) is 3.28. The van der Waals surface area contributed by atoms with Crippen molar-refractivity contribution in [2.75, 3.05) is 9.62 Å². The maximum Gasteiger partial charge on any atom is 0.357 e. The molecule has 0 bridgehead atoms. The van der Waals surface area contributed by atoms with Crippen LogP contribution in [0.2, 0.25) is 5.15 Å². The number of hydrogen-bond acceptors (Lipinski definition) is 6. The highest BCUT2D eigenvalue weighted by Gasteiger charge is 2.24. The molecule has 0 fully saturated rings. The molecule has 33 heavy (non-hydrogen) atoms. The zero-order valence-electron chi connectivity index (χ0n) is 16.9. The molecular formula is C22H17ClN4O4S2. The van der Waals surface area contributed by atoms with E-state index in [0.717, 1.165) is 11.3 Å². The number of nitrogens with one attached hydrogen (secondary N) is 1. The van der Waals surface area contributed by atoms with Gasteiger partial charge in [0.2, 0.25) is 0 Å². The lowest BCUT2D eigenvalue weighted by atomic mass is 10.1. The Morgan fingerprint density at radius 3 is 2.45 bits per heavy atom. The number of carbonyl (C=O) groups excluding carboxylic acids is 1. The van der Waals surface area contributed by atoms with Crippen molar-refractivity contribution in [3.8, 4) is 11.3 Å². The monoisotopic (exact) mass is 500 g/mol. The van der Waals surface area contributed by atoms with Gasteiger partial charge in [0.05, 0.1) is 23.5 Å². The fourth-order valence-corrected chi connectivity index (χ4v) is 4.52. The highest BCUT2D eigenvalue weighted by Crippen LogP contribution is 2.30. The molecule has 4 aromatic rings. The summed E-state index contributed by atoms with van der Waals surface area (Å²) < 4.78 is 32.9. The Morgan fingerprint density at radius 1 is 1.06 bits per heavy atom. The second-order valence-electron chi connectivity index (χ2n) is 6.89. The van der Waals surface area contributed by atoms with E-state index in [1.165, 1.54) is 34.6 Å². The van der Waals surface area contributed by atoms with Crippen LogP contribution in [-0.2, 0) is 16.8 Å². The predicted molar refractivity (Wildman–Crippen MR) is 129 cm³/mol.